The van der Waals surface area contributed by atoms with E-state index in [0.29, 0.717) is 28.8 Å². The normalized spacial score (nSPS) is 11.9. The van der Waals surface area contributed by atoms with Gasteiger partial charge >= 0.3 is 0 Å². The van der Waals surface area contributed by atoms with Gasteiger partial charge in [0.1, 0.15) is 18.0 Å². The van der Waals surface area contributed by atoms with Crippen LogP contribution in [0.1, 0.15) is 24.5 Å². The van der Waals surface area contributed by atoms with Gasteiger partial charge in [-0.2, -0.15) is 0 Å². The first-order chi connectivity index (χ1) is 11.2. The van der Waals surface area contributed by atoms with Gasteiger partial charge in [0.25, 0.3) is 0 Å². The molecule has 2 N–H and O–H groups in total. The lowest BCUT2D eigenvalue weighted by Crippen LogP contribution is -2.10. The quantitative estimate of drug-likeness (QED) is 0.751. The molecule has 1 atom stereocenters. The maximum atomic E-state index is 5.90. The number of rotatable bonds is 5. The van der Waals surface area contributed by atoms with Gasteiger partial charge in [-0.15, -0.1) is 10.2 Å². The van der Waals surface area contributed by atoms with E-state index in [1.807, 2.05) is 6.92 Å². The van der Waals surface area contributed by atoms with Crippen LogP contribution < -0.4 is 10.5 Å². The highest BCUT2D eigenvalue weighted by Gasteiger charge is 2.13. The molecule has 0 fully saturated rings. The topological polar surface area (TPSA) is 113 Å². The van der Waals surface area contributed by atoms with Crippen molar-refractivity contribution in [1.29, 1.82) is 0 Å². The fraction of sp³-hybridized carbons (Fsp3) is 0.200. The first-order valence-electron chi connectivity index (χ1n) is 7.03. The van der Waals surface area contributed by atoms with E-state index in [0.717, 1.165) is 0 Å². The van der Waals surface area contributed by atoms with E-state index in [1.165, 1.54) is 0 Å². The monoisotopic (exact) mass is 309 g/mol. The highest BCUT2D eigenvalue weighted by Crippen LogP contribution is 2.21. The van der Waals surface area contributed by atoms with E-state index in [9.17, 15) is 0 Å². The number of hydrogen-bond acceptors (Lipinski definition) is 8. The largest absolute Gasteiger partial charge is 0.468 e. The van der Waals surface area contributed by atoms with Crippen molar-refractivity contribution in [2.45, 2.75) is 19.6 Å². The van der Waals surface area contributed by atoms with Crippen LogP contribution in [0.15, 0.2) is 43.0 Å². The van der Waals surface area contributed by atoms with Crippen LogP contribution in [0, 0.1) is 0 Å². The second-order valence-electron chi connectivity index (χ2n) is 4.79. The Balaban J connectivity index is 1.75. The Bertz CT molecular complexity index is 762. The van der Waals surface area contributed by atoms with Crippen LogP contribution in [-0.2, 0) is 6.61 Å². The summed E-state index contributed by atoms with van der Waals surface area (Å²) in [4.78, 5) is 16.7. The minimum atomic E-state index is -0.244. The smallest absolute Gasteiger partial charge is 0.233 e. The van der Waals surface area contributed by atoms with Crippen molar-refractivity contribution in [3.63, 3.8) is 0 Å². The van der Waals surface area contributed by atoms with E-state index < -0.39 is 0 Å². The summed E-state index contributed by atoms with van der Waals surface area (Å²) in [7, 11) is 0. The Morgan fingerprint density at radius 3 is 2.48 bits per heavy atom. The lowest BCUT2D eigenvalue weighted by molar-refractivity contribution is 0.280. The zero-order valence-corrected chi connectivity index (χ0v) is 12.5. The highest BCUT2D eigenvalue weighted by atomic mass is 16.5. The van der Waals surface area contributed by atoms with Crippen molar-refractivity contribution in [3.8, 4) is 17.3 Å². The molecule has 1 unspecified atom stereocenters. The standard InChI is InChI=1S/C15H15N7O/c1-10(16)14-15(20-8-7-19-14)11-3-4-13(22-21-11)23-9-12-17-5-2-6-18-12/h2-8,10H,9,16H2,1H3. The summed E-state index contributed by atoms with van der Waals surface area (Å²) < 4.78 is 5.50. The predicted molar refractivity (Wildman–Crippen MR) is 82.0 cm³/mol. The van der Waals surface area contributed by atoms with Crippen LogP contribution in [0.25, 0.3) is 11.4 Å². The summed E-state index contributed by atoms with van der Waals surface area (Å²) in [5, 5.41) is 8.16. The average Bonchev–Trinajstić information content (AvgIpc) is 2.61. The van der Waals surface area contributed by atoms with Crippen molar-refractivity contribution in [2.24, 2.45) is 5.73 Å². The summed E-state index contributed by atoms with van der Waals surface area (Å²) in [6.45, 7) is 2.07. The van der Waals surface area contributed by atoms with Gasteiger partial charge < -0.3 is 10.5 Å². The van der Waals surface area contributed by atoms with Crippen LogP contribution in [0.5, 0.6) is 5.88 Å². The fourth-order valence-corrected chi connectivity index (χ4v) is 1.95. The average molecular weight is 309 g/mol. The van der Waals surface area contributed by atoms with Crippen molar-refractivity contribution in [1.82, 2.24) is 30.1 Å². The van der Waals surface area contributed by atoms with E-state index in [2.05, 4.69) is 30.1 Å². The molecule has 116 valence electrons. The second kappa shape index (κ2) is 6.84. The first kappa shape index (κ1) is 14.9. The molecule has 3 aromatic rings. The molecule has 0 aliphatic rings. The second-order valence-corrected chi connectivity index (χ2v) is 4.79. The van der Waals surface area contributed by atoms with Crippen molar-refractivity contribution >= 4 is 0 Å². The predicted octanol–water partition coefficient (Wildman–Crippen LogP) is 1.32. The molecule has 3 aromatic heterocycles. The van der Waals surface area contributed by atoms with Gasteiger partial charge in [-0.1, -0.05) is 0 Å². The molecule has 0 saturated heterocycles. The molecule has 0 amide bonds. The summed E-state index contributed by atoms with van der Waals surface area (Å²) in [6.07, 6.45) is 6.52. The molecule has 0 aliphatic carbocycles. The van der Waals surface area contributed by atoms with Crippen LogP contribution in [0.3, 0.4) is 0 Å². The number of ether oxygens (including phenoxy) is 1. The molecule has 0 bridgehead atoms. The van der Waals surface area contributed by atoms with Gasteiger partial charge in [0.15, 0.2) is 5.82 Å². The molecule has 3 rings (SSSR count). The zero-order chi connectivity index (χ0) is 16.1. The number of nitrogens with zero attached hydrogens (tertiary/aromatic N) is 6. The van der Waals surface area contributed by atoms with E-state index in [4.69, 9.17) is 10.5 Å². The summed E-state index contributed by atoms with van der Waals surface area (Å²) in [5.41, 5.74) is 7.79. The molecule has 3 heterocycles. The fourth-order valence-electron chi connectivity index (χ4n) is 1.95. The molecule has 0 spiro atoms. The van der Waals surface area contributed by atoms with Crippen molar-refractivity contribution < 1.29 is 4.74 Å². The number of aromatic nitrogens is 6. The van der Waals surface area contributed by atoms with Gasteiger partial charge in [-0.3, -0.25) is 9.97 Å². The highest BCUT2D eigenvalue weighted by molar-refractivity contribution is 5.56. The molecule has 0 aromatic carbocycles. The molecule has 0 saturated carbocycles. The number of nitrogens with two attached hydrogens (primary N) is 1. The van der Waals surface area contributed by atoms with Gasteiger partial charge in [-0.05, 0) is 19.1 Å². The summed E-state index contributed by atoms with van der Waals surface area (Å²) in [6, 6.07) is 4.98. The van der Waals surface area contributed by atoms with Gasteiger partial charge in [0.05, 0.1) is 5.69 Å². The Kier molecular flexibility index (Phi) is 4.44. The SMILES string of the molecule is CC(N)c1nccnc1-c1ccc(OCc2ncccn2)nn1. The molecule has 8 nitrogen and oxygen atoms in total. The maximum Gasteiger partial charge on any atom is 0.233 e. The Morgan fingerprint density at radius 1 is 1.00 bits per heavy atom. The Morgan fingerprint density at radius 2 is 1.78 bits per heavy atom. The first-order valence-corrected chi connectivity index (χ1v) is 7.03. The maximum absolute atomic E-state index is 5.90. The van der Waals surface area contributed by atoms with E-state index in [-0.39, 0.29) is 12.6 Å². The van der Waals surface area contributed by atoms with E-state index >= 15 is 0 Å². The lowest BCUT2D eigenvalue weighted by Gasteiger charge is -2.09. The molecule has 0 radical (unpaired) electrons. The molecular formula is C15H15N7O. The Labute approximate surface area is 132 Å². The van der Waals surface area contributed by atoms with E-state index in [1.54, 1.807) is 43.0 Å². The molecule has 23 heavy (non-hydrogen) atoms. The number of hydrogen-bond donors (Lipinski definition) is 1. The van der Waals surface area contributed by atoms with Crippen LogP contribution >= 0.6 is 0 Å². The van der Waals surface area contributed by atoms with Crippen molar-refractivity contribution in [3.05, 3.63) is 54.5 Å². The third-order valence-electron chi connectivity index (χ3n) is 3.01. The van der Waals surface area contributed by atoms with Gasteiger partial charge in [-0.25, -0.2) is 9.97 Å². The van der Waals surface area contributed by atoms with Crippen LogP contribution in [0.2, 0.25) is 0 Å². The minimum Gasteiger partial charge on any atom is -0.468 e. The minimum absolute atomic E-state index is 0.227. The summed E-state index contributed by atoms with van der Waals surface area (Å²) >= 11 is 0. The van der Waals surface area contributed by atoms with Gasteiger partial charge in [0.2, 0.25) is 5.88 Å². The third-order valence-corrected chi connectivity index (χ3v) is 3.01. The molecule has 8 heteroatoms. The van der Waals surface area contributed by atoms with Crippen LogP contribution in [0.4, 0.5) is 0 Å². The molecular weight excluding hydrogens is 294 g/mol. The Hall–Kier alpha value is -3.00. The third kappa shape index (κ3) is 3.61. The molecule has 0 aliphatic heterocycles. The van der Waals surface area contributed by atoms with Gasteiger partial charge in [0, 0.05) is 36.9 Å². The van der Waals surface area contributed by atoms with Crippen LogP contribution in [-0.4, -0.2) is 30.1 Å². The zero-order valence-electron chi connectivity index (χ0n) is 12.5. The summed E-state index contributed by atoms with van der Waals surface area (Å²) in [5.74, 6) is 0.957. The van der Waals surface area contributed by atoms with Crippen molar-refractivity contribution in [2.75, 3.05) is 0 Å². The lowest BCUT2D eigenvalue weighted by atomic mass is 10.1.